The number of rotatable bonds is 8. The smallest absolute Gasteiger partial charge is 0.223 e. The lowest BCUT2D eigenvalue weighted by Crippen LogP contribution is -2.50. The number of carbonyl (C=O) groups excluding carboxylic acids is 1. The minimum Gasteiger partial charge on any atom is -0.492 e. The van der Waals surface area contributed by atoms with Crippen molar-refractivity contribution in [1.29, 1.82) is 0 Å². The number of likely N-dealkylation sites (tertiary alicyclic amines) is 1. The minimum atomic E-state index is -0.260. The van der Waals surface area contributed by atoms with E-state index in [1.807, 2.05) is 0 Å². The molecule has 1 aromatic carbocycles. The van der Waals surface area contributed by atoms with E-state index in [-0.39, 0.29) is 11.4 Å². The molecule has 5 nitrogen and oxygen atoms in total. The van der Waals surface area contributed by atoms with Gasteiger partial charge in [0, 0.05) is 31.7 Å². The van der Waals surface area contributed by atoms with Gasteiger partial charge in [-0.25, -0.2) is 4.39 Å². The molecule has 150 valence electrons. The molecule has 0 unspecified atom stereocenters. The second kappa shape index (κ2) is 9.02. The van der Waals surface area contributed by atoms with Crippen LogP contribution in [0.15, 0.2) is 24.3 Å². The minimum absolute atomic E-state index is 0.147. The highest BCUT2D eigenvalue weighted by Gasteiger charge is 2.40. The van der Waals surface area contributed by atoms with Crippen LogP contribution in [0.3, 0.4) is 0 Å². The molecule has 0 spiro atoms. The molecule has 0 aliphatic carbocycles. The Balaban J connectivity index is 1.38. The van der Waals surface area contributed by atoms with Crippen LogP contribution in [-0.4, -0.2) is 54.8 Å². The van der Waals surface area contributed by atoms with Crippen LogP contribution in [0.2, 0.25) is 0 Å². The zero-order valence-electron chi connectivity index (χ0n) is 16.4. The van der Waals surface area contributed by atoms with Crippen LogP contribution in [0.25, 0.3) is 0 Å². The molecule has 2 aliphatic heterocycles. The Morgan fingerprint density at radius 3 is 2.78 bits per heavy atom. The molecular weight excluding hydrogens is 347 g/mol. The van der Waals surface area contributed by atoms with Crippen LogP contribution >= 0.6 is 0 Å². The van der Waals surface area contributed by atoms with Gasteiger partial charge < -0.3 is 19.7 Å². The molecule has 2 atom stereocenters. The molecule has 2 fully saturated rings. The summed E-state index contributed by atoms with van der Waals surface area (Å²) >= 11 is 0. The third-order valence-corrected chi connectivity index (χ3v) is 5.45. The number of nitrogens with one attached hydrogen (secondary N) is 1. The van der Waals surface area contributed by atoms with Crippen LogP contribution < -0.4 is 10.1 Å². The lowest BCUT2D eigenvalue weighted by atomic mass is 9.92. The summed E-state index contributed by atoms with van der Waals surface area (Å²) in [5.74, 6) is 0.708. The van der Waals surface area contributed by atoms with Crippen molar-refractivity contribution in [2.75, 3.05) is 26.3 Å². The lowest BCUT2D eigenvalue weighted by molar-refractivity contribution is -0.138. The molecule has 1 N–H and O–H groups in total. The summed E-state index contributed by atoms with van der Waals surface area (Å²) in [6, 6.07) is 6.68. The van der Waals surface area contributed by atoms with Gasteiger partial charge in [-0.3, -0.25) is 4.79 Å². The Labute approximate surface area is 161 Å². The third kappa shape index (κ3) is 5.66. The maximum absolute atomic E-state index is 12.9. The van der Waals surface area contributed by atoms with Gasteiger partial charge in [-0.1, -0.05) is 0 Å². The zero-order chi connectivity index (χ0) is 19.3. The van der Waals surface area contributed by atoms with Gasteiger partial charge in [0.2, 0.25) is 5.91 Å². The van der Waals surface area contributed by atoms with E-state index in [9.17, 15) is 9.18 Å². The molecule has 2 heterocycles. The Bertz CT molecular complexity index is 620. The number of ether oxygens (including phenoxy) is 2. The summed E-state index contributed by atoms with van der Waals surface area (Å²) in [5, 5.41) is 3.39. The Morgan fingerprint density at radius 2 is 2.04 bits per heavy atom. The first kappa shape index (κ1) is 20.1. The SMILES string of the molecule is CC1(C)C[C@@H](N2C(=O)CC[C@H]2CCNCCOc2ccc(F)cc2)CCO1. The van der Waals surface area contributed by atoms with E-state index in [1.165, 1.54) is 12.1 Å². The van der Waals surface area contributed by atoms with Gasteiger partial charge in [-0.15, -0.1) is 0 Å². The first-order chi connectivity index (χ1) is 12.9. The molecule has 27 heavy (non-hydrogen) atoms. The molecule has 6 heteroatoms. The number of halogens is 1. The van der Waals surface area contributed by atoms with Gasteiger partial charge in [0.1, 0.15) is 18.2 Å². The Kier molecular flexibility index (Phi) is 6.71. The second-order valence-electron chi connectivity index (χ2n) is 8.09. The number of amides is 1. The van der Waals surface area contributed by atoms with E-state index in [2.05, 4.69) is 24.1 Å². The number of carbonyl (C=O) groups is 1. The van der Waals surface area contributed by atoms with Crippen LogP contribution in [0.1, 0.15) is 46.0 Å². The molecule has 2 saturated heterocycles. The Hall–Kier alpha value is -1.66. The molecule has 0 bridgehead atoms. The van der Waals surface area contributed by atoms with E-state index in [0.29, 0.717) is 36.8 Å². The van der Waals surface area contributed by atoms with Crippen molar-refractivity contribution in [3.05, 3.63) is 30.1 Å². The normalized spacial score (nSPS) is 25.0. The third-order valence-electron chi connectivity index (χ3n) is 5.45. The van der Waals surface area contributed by atoms with E-state index >= 15 is 0 Å². The molecule has 2 aliphatic rings. The highest BCUT2D eigenvalue weighted by atomic mass is 19.1. The van der Waals surface area contributed by atoms with Crippen LogP contribution in [0.4, 0.5) is 4.39 Å². The molecule has 0 radical (unpaired) electrons. The monoisotopic (exact) mass is 378 g/mol. The van der Waals surface area contributed by atoms with E-state index in [0.717, 1.165) is 45.4 Å². The number of hydrogen-bond donors (Lipinski definition) is 1. The quantitative estimate of drug-likeness (QED) is 0.706. The highest BCUT2D eigenvalue weighted by Crippen LogP contribution is 2.33. The molecule has 0 aromatic heterocycles. The molecule has 1 amide bonds. The van der Waals surface area contributed by atoms with Crippen molar-refractivity contribution in [2.45, 2.75) is 63.6 Å². The van der Waals surface area contributed by atoms with Crippen molar-refractivity contribution in [1.82, 2.24) is 10.2 Å². The van der Waals surface area contributed by atoms with Gasteiger partial charge in [-0.2, -0.15) is 0 Å². The standard InChI is InChI=1S/C21H31FN2O3/c1-21(2)15-18(10-13-27-21)24-17(5-8-20(24)25)9-11-23-12-14-26-19-6-3-16(22)4-7-19/h3-4,6-7,17-18,23H,5,8-15H2,1-2H3/t17-,18-/m0/s1. The van der Waals surface area contributed by atoms with E-state index in [1.54, 1.807) is 12.1 Å². The van der Waals surface area contributed by atoms with Crippen LogP contribution in [-0.2, 0) is 9.53 Å². The van der Waals surface area contributed by atoms with Crippen molar-refractivity contribution in [2.24, 2.45) is 0 Å². The van der Waals surface area contributed by atoms with Crippen LogP contribution in [0, 0.1) is 5.82 Å². The fourth-order valence-corrected chi connectivity index (χ4v) is 4.15. The molecule has 0 saturated carbocycles. The van der Waals surface area contributed by atoms with Crippen molar-refractivity contribution in [3.8, 4) is 5.75 Å². The topological polar surface area (TPSA) is 50.8 Å². The fraction of sp³-hybridized carbons (Fsp3) is 0.667. The first-order valence-corrected chi connectivity index (χ1v) is 9.99. The number of nitrogens with zero attached hydrogens (tertiary/aromatic N) is 1. The van der Waals surface area contributed by atoms with E-state index in [4.69, 9.17) is 9.47 Å². The van der Waals surface area contributed by atoms with Crippen LogP contribution in [0.5, 0.6) is 5.75 Å². The van der Waals surface area contributed by atoms with Gasteiger partial charge in [-0.05, 0) is 70.3 Å². The number of hydrogen-bond acceptors (Lipinski definition) is 4. The average molecular weight is 378 g/mol. The second-order valence-corrected chi connectivity index (χ2v) is 8.09. The summed E-state index contributed by atoms with van der Waals surface area (Å²) in [7, 11) is 0. The predicted octanol–water partition coefficient (Wildman–Crippen LogP) is 3.13. The van der Waals surface area contributed by atoms with E-state index < -0.39 is 0 Å². The average Bonchev–Trinajstić information content (AvgIpc) is 2.99. The Morgan fingerprint density at radius 1 is 1.26 bits per heavy atom. The zero-order valence-corrected chi connectivity index (χ0v) is 16.4. The molecular formula is C21H31FN2O3. The van der Waals surface area contributed by atoms with Gasteiger partial charge in [0.25, 0.3) is 0 Å². The summed E-state index contributed by atoms with van der Waals surface area (Å²) < 4.78 is 24.2. The summed E-state index contributed by atoms with van der Waals surface area (Å²) in [4.78, 5) is 14.6. The van der Waals surface area contributed by atoms with Crippen molar-refractivity contribution >= 4 is 5.91 Å². The summed E-state index contributed by atoms with van der Waals surface area (Å²) in [6.45, 7) is 7.06. The maximum atomic E-state index is 12.9. The highest BCUT2D eigenvalue weighted by molar-refractivity contribution is 5.79. The summed E-state index contributed by atoms with van der Waals surface area (Å²) in [5.41, 5.74) is -0.147. The fourth-order valence-electron chi connectivity index (χ4n) is 4.15. The molecule has 3 rings (SSSR count). The lowest BCUT2D eigenvalue weighted by Gasteiger charge is -2.42. The summed E-state index contributed by atoms with van der Waals surface area (Å²) in [6.07, 6.45) is 4.42. The van der Waals surface area contributed by atoms with Gasteiger partial charge in [0.05, 0.1) is 5.60 Å². The van der Waals surface area contributed by atoms with Crippen molar-refractivity contribution < 1.29 is 18.7 Å². The first-order valence-electron chi connectivity index (χ1n) is 9.99. The number of benzene rings is 1. The molecule has 1 aromatic rings. The van der Waals surface area contributed by atoms with Crippen molar-refractivity contribution in [3.63, 3.8) is 0 Å². The van der Waals surface area contributed by atoms with Gasteiger partial charge in [0.15, 0.2) is 0 Å². The maximum Gasteiger partial charge on any atom is 0.223 e. The van der Waals surface area contributed by atoms with Gasteiger partial charge >= 0.3 is 0 Å². The largest absolute Gasteiger partial charge is 0.492 e. The predicted molar refractivity (Wildman–Crippen MR) is 102 cm³/mol.